The number of nitrogens with one attached hydrogen (secondary N) is 1. The minimum absolute atomic E-state index is 0. The average Bonchev–Trinajstić information content (AvgIpc) is 3.09. The zero-order chi connectivity index (χ0) is 11.4. The highest BCUT2D eigenvalue weighted by atomic mass is 79.9. The van der Waals surface area contributed by atoms with Crippen molar-refractivity contribution in [3.8, 4) is 18.1 Å². The zero-order valence-corrected chi connectivity index (χ0v) is 11.8. The van der Waals surface area contributed by atoms with Crippen molar-refractivity contribution < 1.29 is 4.74 Å². The molecule has 0 aromatic heterocycles. The number of benzene rings is 1. The van der Waals surface area contributed by atoms with E-state index in [2.05, 4.69) is 33.2 Å². The quantitative estimate of drug-likeness (QED) is 0.843. The van der Waals surface area contributed by atoms with Gasteiger partial charge in [0.25, 0.3) is 0 Å². The fourth-order valence-electron chi connectivity index (χ4n) is 1.49. The molecule has 1 saturated carbocycles. The molecule has 4 heteroatoms. The Morgan fingerprint density at radius 3 is 2.88 bits per heavy atom. The second kappa shape index (κ2) is 6.90. The van der Waals surface area contributed by atoms with Crippen LogP contribution in [0, 0.1) is 12.3 Å². The van der Waals surface area contributed by atoms with Gasteiger partial charge in [0.2, 0.25) is 0 Å². The normalized spacial score (nSPS) is 13.6. The van der Waals surface area contributed by atoms with Crippen molar-refractivity contribution in [1.82, 2.24) is 5.32 Å². The summed E-state index contributed by atoms with van der Waals surface area (Å²) in [6.45, 7) is 1.15. The number of halogens is 2. The summed E-state index contributed by atoms with van der Waals surface area (Å²) < 4.78 is 6.56. The molecule has 2 nitrogen and oxygen atoms in total. The van der Waals surface area contributed by atoms with Crippen LogP contribution in [0.1, 0.15) is 18.4 Å². The molecule has 1 N–H and O–H groups in total. The monoisotopic (exact) mass is 315 g/mol. The Hall–Kier alpha value is -0.690. The second-order valence-electron chi connectivity index (χ2n) is 3.90. The Morgan fingerprint density at radius 1 is 1.47 bits per heavy atom. The molecule has 0 saturated heterocycles. The third-order valence-electron chi connectivity index (χ3n) is 2.49. The van der Waals surface area contributed by atoms with E-state index in [0.29, 0.717) is 12.6 Å². The van der Waals surface area contributed by atoms with Crippen molar-refractivity contribution >= 4 is 28.3 Å². The fourth-order valence-corrected chi connectivity index (χ4v) is 1.90. The van der Waals surface area contributed by atoms with Gasteiger partial charge in [-0.15, -0.1) is 18.8 Å². The molecule has 17 heavy (non-hydrogen) atoms. The average molecular weight is 317 g/mol. The van der Waals surface area contributed by atoms with Gasteiger partial charge in [-0.25, -0.2) is 0 Å². The van der Waals surface area contributed by atoms with Gasteiger partial charge >= 0.3 is 0 Å². The van der Waals surface area contributed by atoms with Crippen LogP contribution in [0.4, 0.5) is 0 Å². The van der Waals surface area contributed by atoms with Crippen molar-refractivity contribution in [2.75, 3.05) is 6.61 Å². The topological polar surface area (TPSA) is 21.3 Å². The summed E-state index contributed by atoms with van der Waals surface area (Å²) in [5.41, 5.74) is 1.15. The molecule has 0 spiro atoms. The third-order valence-corrected chi connectivity index (χ3v) is 2.99. The molecular weight excluding hydrogens is 302 g/mol. The summed E-state index contributed by atoms with van der Waals surface area (Å²) in [5, 5.41) is 3.46. The van der Waals surface area contributed by atoms with Crippen molar-refractivity contribution in [2.45, 2.75) is 25.4 Å². The number of terminal acetylenes is 1. The van der Waals surface area contributed by atoms with Crippen molar-refractivity contribution in [3.63, 3.8) is 0 Å². The molecule has 1 fully saturated rings. The molecule has 1 aliphatic carbocycles. The lowest BCUT2D eigenvalue weighted by Gasteiger charge is -2.10. The van der Waals surface area contributed by atoms with Crippen molar-refractivity contribution in [1.29, 1.82) is 0 Å². The molecule has 0 amide bonds. The van der Waals surface area contributed by atoms with E-state index in [9.17, 15) is 0 Å². The standard InChI is InChI=1S/C13H14BrNO.ClH/c1-2-7-16-13-6-3-11(14)8-10(13)9-15-12-4-5-12;/h1,3,6,8,12,15H,4-5,7,9H2;1H. The van der Waals surface area contributed by atoms with E-state index >= 15 is 0 Å². The molecule has 0 aliphatic heterocycles. The molecule has 0 unspecified atom stereocenters. The molecule has 1 aromatic carbocycles. The highest BCUT2D eigenvalue weighted by Crippen LogP contribution is 2.25. The van der Waals surface area contributed by atoms with E-state index in [1.807, 2.05) is 12.1 Å². The van der Waals surface area contributed by atoms with Gasteiger partial charge < -0.3 is 10.1 Å². The van der Waals surface area contributed by atoms with Gasteiger partial charge in [-0.2, -0.15) is 0 Å². The Labute approximate surface area is 117 Å². The van der Waals surface area contributed by atoms with Crippen LogP contribution >= 0.6 is 28.3 Å². The molecule has 1 aromatic rings. The van der Waals surface area contributed by atoms with E-state index in [0.717, 1.165) is 22.3 Å². The first-order valence-electron chi connectivity index (χ1n) is 5.37. The predicted molar refractivity (Wildman–Crippen MR) is 75.6 cm³/mol. The highest BCUT2D eigenvalue weighted by Gasteiger charge is 2.20. The molecule has 92 valence electrons. The van der Waals surface area contributed by atoms with Gasteiger partial charge in [0.1, 0.15) is 12.4 Å². The summed E-state index contributed by atoms with van der Waals surface area (Å²) in [6, 6.07) is 6.68. The largest absolute Gasteiger partial charge is 0.481 e. The molecule has 2 rings (SSSR count). The fraction of sp³-hybridized carbons (Fsp3) is 0.385. The van der Waals surface area contributed by atoms with Gasteiger partial charge in [-0.05, 0) is 31.0 Å². The summed E-state index contributed by atoms with van der Waals surface area (Å²) in [7, 11) is 0. The Bertz CT molecular complexity index is 412. The maximum atomic E-state index is 5.50. The molecule has 0 atom stereocenters. The minimum Gasteiger partial charge on any atom is -0.481 e. The van der Waals surface area contributed by atoms with Crippen molar-refractivity contribution in [2.24, 2.45) is 0 Å². The number of ether oxygens (including phenoxy) is 1. The summed E-state index contributed by atoms with van der Waals surface area (Å²) in [5.74, 6) is 3.35. The van der Waals surface area contributed by atoms with Crippen LogP contribution in [0.25, 0.3) is 0 Å². The Kier molecular flexibility index (Phi) is 5.84. The van der Waals surface area contributed by atoms with E-state index < -0.39 is 0 Å². The summed E-state index contributed by atoms with van der Waals surface area (Å²) in [4.78, 5) is 0. The van der Waals surface area contributed by atoms with Gasteiger partial charge in [-0.1, -0.05) is 21.9 Å². The SMILES string of the molecule is C#CCOc1ccc(Br)cc1CNC1CC1.Cl. The molecule has 0 heterocycles. The summed E-state index contributed by atoms with van der Waals surface area (Å²) >= 11 is 3.46. The van der Waals surface area contributed by atoms with Crippen LogP contribution in [-0.2, 0) is 6.54 Å². The Balaban J connectivity index is 0.00000144. The first-order valence-corrected chi connectivity index (χ1v) is 6.17. The van der Waals surface area contributed by atoms with Crippen molar-refractivity contribution in [3.05, 3.63) is 28.2 Å². The lowest BCUT2D eigenvalue weighted by atomic mass is 10.2. The van der Waals surface area contributed by atoms with E-state index in [4.69, 9.17) is 11.2 Å². The highest BCUT2D eigenvalue weighted by molar-refractivity contribution is 9.10. The molecule has 1 aliphatic rings. The zero-order valence-electron chi connectivity index (χ0n) is 9.41. The van der Waals surface area contributed by atoms with Crippen LogP contribution in [0.2, 0.25) is 0 Å². The molecular formula is C13H15BrClNO. The molecule has 0 bridgehead atoms. The number of hydrogen-bond acceptors (Lipinski definition) is 2. The first kappa shape index (κ1) is 14.4. The van der Waals surface area contributed by atoms with E-state index in [-0.39, 0.29) is 12.4 Å². The maximum absolute atomic E-state index is 5.50. The lowest BCUT2D eigenvalue weighted by Crippen LogP contribution is -2.16. The third kappa shape index (κ3) is 4.59. The smallest absolute Gasteiger partial charge is 0.148 e. The minimum atomic E-state index is 0. The van der Waals surface area contributed by atoms with Crippen LogP contribution in [-0.4, -0.2) is 12.6 Å². The summed E-state index contributed by atoms with van der Waals surface area (Å²) in [6.07, 6.45) is 7.76. The van der Waals surface area contributed by atoms with Crippen LogP contribution < -0.4 is 10.1 Å². The van der Waals surface area contributed by atoms with Gasteiger partial charge in [0.05, 0.1) is 0 Å². The van der Waals surface area contributed by atoms with E-state index in [1.54, 1.807) is 0 Å². The molecule has 0 radical (unpaired) electrons. The van der Waals surface area contributed by atoms with Crippen LogP contribution in [0.15, 0.2) is 22.7 Å². The van der Waals surface area contributed by atoms with E-state index in [1.165, 1.54) is 12.8 Å². The maximum Gasteiger partial charge on any atom is 0.148 e. The van der Waals surface area contributed by atoms with Gasteiger partial charge in [-0.3, -0.25) is 0 Å². The first-order chi connectivity index (χ1) is 7.79. The second-order valence-corrected chi connectivity index (χ2v) is 4.82. The van der Waals surface area contributed by atoms with Gasteiger partial charge in [0, 0.05) is 22.6 Å². The van der Waals surface area contributed by atoms with Gasteiger partial charge in [0.15, 0.2) is 0 Å². The lowest BCUT2D eigenvalue weighted by molar-refractivity contribution is 0.364. The predicted octanol–water partition coefficient (Wildman–Crippen LogP) is 3.13. The van der Waals surface area contributed by atoms with Crippen LogP contribution in [0.3, 0.4) is 0 Å². The van der Waals surface area contributed by atoms with Crippen LogP contribution in [0.5, 0.6) is 5.75 Å². The Morgan fingerprint density at radius 2 is 2.24 bits per heavy atom. The number of hydrogen-bond donors (Lipinski definition) is 1. The number of rotatable bonds is 5.